The first-order chi connectivity index (χ1) is 19.6. The van der Waals surface area contributed by atoms with Gasteiger partial charge in [0.15, 0.2) is 5.65 Å². The van der Waals surface area contributed by atoms with E-state index in [9.17, 15) is 8.42 Å². The molecule has 0 aliphatic rings. The number of rotatable bonds is 5. The van der Waals surface area contributed by atoms with Crippen LogP contribution in [-0.2, 0) is 13.4 Å². The van der Waals surface area contributed by atoms with Gasteiger partial charge in [0, 0.05) is 61.0 Å². The van der Waals surface area contributed by atoms with Crippen LogP contribution >= 0.6 is 99.8 Å². The van der Waals surface area contributed by atoms with Crippen LogP contribution in [0.3, 0.4) is 0 Å². The molecule has 4 heterocycles. The Balaban J connectivity index is 0.000000156. The van der Waals surface area contributed by atoms with Gasteiger partial charge in [0.1, 0.15) is 5.65 Å². The molecule has 2 aromatic carbocycles. The molecule has 4 aromatic heterocycles. The van der Waals surface area contributed by atoms with Gasteiger partial charge in [-0.2, -0.15) is 0 Å². The standard InChI is InChI=1S/C13H8BrIN2O2S.C7H4BrIN2.C6H5ClO2S/c14-9-6-11-12(15)8-17(13(11)16-7-9)18-19-20-10-4-2-1-3-5-10;8-4-1-5-6(9)3-11-7(5)10-2-4;7-10(8,9)6-4-2-1-3-5-6/h1-8H;1-3H,(H,10,11);1-5H. The van der Waals surface area contributed by atoms with E-state index in [4.69, 9.17) is 20.0 Å². The Morgan fingerprint density at radius 1 is 0.878 bits per heavy atom. The number of hydrogen-bond acceptors (Lipinski definition) is 7. The lowest BCUT2D eigenvalue weighted by molar-refractivity contribution is -0.188. The second kappa shape index (κ2) is 15.4. The summed E-state index contributed by atoms with van der Waals surface area (Å²) in [6.07, 6.45) is 7.29. The maximum Gasteiger partial charge on any atom is 0.261 e. The number of halogens is 5. The Bertz CT molecular complexity index is 1860. The monoisotopic (exact) mass is 960 g/mol. The first-order valence-electron chi connectivity index (χ1n) is 11.3. The number of fused-ring (bicyclic) bond motifs is 2. The van der Waals surface area contributed by atoms with Gasteiger partial charge >= 0.3 is 0 Å². The third kappa shape index (κ3) is 9.54. The summed E-state index contributed by atoms with van der Waals surface area (Å²) in [5, 5.41) is 2.17. The molecule has 1 N–H and O–H groups in total. The summed E-state index contributed by atoms with van der Waals surface area (Å²) in [6.45, 7) is 0. The number of aromatic nitrogens is 4. The molecule has 0 amide bonds. The normalized spacial score (nSPS) is 11.0. The zero-order chi connectivity index (χ0) is 29.4. The molecule has 8 nitrogen and oxygen atoms in total. The lowest BCUT2D eigenvalue weighted by Gasteiger charge is -2.04. The molecule has 0 spiro atoms. The van der Waals surface area contributed by atoms with Crippen LogP contribution in [0.1, 0.15) is 0 Å². The van der Waals surface area contributed by atoms with E-state index in [0.29, 0.717) is 5.65 Å². The van der Waals surface area contributed by atoms with Crippen LogP contribution < -0.4 is 4.99 Å². The first-order valence-corrected chi connectivity index (χ1v) is 18.1. The predicted molar refractivity (Wildman–Crippen MR) is 186 cm³/mol. The highest BCUT2D eigenvalue weighted by Crippen LogP contribution is 2.25. The van der Waals surface area contributed by atoms with E-state index < -0.39 is 9.05 Å². The molecule has 0 atom stereocenters. The average molecular weight is 963 g/mol. The molecular formula is C26H17Br2ClI2N4O4S2. The Morgan fingerprint density at radius 2 is 1.49 bits per heavy atom. The van der Waals surface area contributed by atoms with Crippen LogP contribution in [0.4, 0.5) is 0 Å². The summed E-state index contributed by atoms with van der Waals surface area (Å²) in [5.41, 5.74) is 1.66. The van der Waals surface area contributed by atoms with Crippen LogP contribution in [0, 0.1) is 7.14 Å². The van der Waals surface area contributed by atoms with Crippen LogP contribution in [-0.4, -0.2) is 28.1 Å². The summed E-state index contributed by atoms with van der Waals surface area (Å²) in [6, 6.07) is 21.6. The lowest BCUT2D eigenvalue weighted by Crippen LogP contribution is -2.07. The van der Waals surface area contributed by atoms with Gasteiger partial charge in [-0.3, -0.25) is 0 Å². The maximum atomic E-state index is 10.6. The SMILES string of the molecule is Brc1cnc2[nH]cc(I)c2c1.Brc1cnc2c(c1)c(I)cn2OOSc1ccccc1.O=S(=O)(Cl)c1ccccc1. The van der Waals surface area contributed by atoms with E-state index in [2.05, 4.69) is 98.1 Å². The largest absolute Gasteiger partial charge is 0.345 e. The minimum absolute atomic E-state index is 0.136. The minimum Gasteiger partial charge on any atom is -0.345 e. The molecule has 0 bridgehead atoms. The molecule has 0 radical (unpaired) electrons. The van der Waals surface area contributed by atoms with Gasteiger partial charge in [-0.05, 0) is 113 Å². The Morgan fingerprint density at radius 3 is 2.12 bits per heavy atom. The molecule has 0 aliphatic heterocycles. The molecule has 0 saturated carbocycles. The van der Waals surface area contributed by atoms with Gasteiger partial charge in [-0.15, -0.1) is 4.73 Å². The van der Waals surface area contributed by atoms with E-state index in [0.717, 1.165) is 40.5 Å². The Hall–Kier alpha value is -1.41. The quantitative estimate of drug-likeness (QED) is 0.0606. The van der Waals surface area contributed by atoms with Crippen molar-refractivity contribution >= 4 is 131 Å². The lowest BCUT2D eigenvalue weighted by atomic mass is 10.3. The Kier molecular flexibility index (Phi) is 12.2. The summed E-state index contributed by atoms with van der Waals surface area (Å²) < 4.78 is 32.1. The summed E-state index contributed by atoms with van der Waals surface area (Å²) in [4.78, 5) is 18.0. The van der Waals surface area contributed by atoms with Crippen molar-refractivity contribution in [3.8, 4) is 0 Å². The highest BCUT2D eigenvalue weighted by molar-refractivity contribution is 14.1. The van der Waals surface area contributed by atoms with Crippen LogP contribution in [0.2, 0.25) is 0 Å². The highest BCUT2D eigenvalue weighted by Gasteiger charge is 2.10. The van der Waals surface area contributed by atoms with Gasteiger partial charge in [-0.1, -0.05) is 40.7 Å². The fourth-order valence-corrected chi connectivity index (χ4v) is 6.28. The highest BCUT2D eigenvalue weighted by atomic mass is 127. The first kappa shape index (κ1) is 32.5. The van der Waals surface area contributed by atoms with Crippen molar-refractivity contribution in [1.29, 1.82) is 0 Å². The fourth-order valence-electron chi connectivity index (χ4n) is 3.17. The molecule has 6 rings (SSSR count). The summed E-state index contributed by atoms with van der Waals surface area (Å²) in [5.74, 6) is 0. The molecule has 0 aliphatic carbocycles. The van der Waals surface area contributed by atoms with Crippen molar-refractivity contribution in [2.75, 3.05) is 0 Å². The zero-order valence-electron chi connectivity index (χ0n) is 20.4. The molecule has 0 fully saturated rings. The van der Waals surface area contributed by atoms with Gasteiger partial charge in [-0.25, -0.2) is 23.4 Å². The van der Waals surface area contributed by atoms with Gasteiger partial charge in [0.05, 0.1) is 23.1 Å². The van der Waals surface area contributed by atoms with Crippen molar-refractivity contribution < 1.29 is 17.7 Å². The van der Waals surface area contributed by atoms with Crippen molar-refractivity contribution in [3.05, 3.63) is 114 Å². The van der Waals surface area contributed by atoms with E-state index in [-0.39, 0.29) is 4.90 Å². The number of hydrogen-bond donors (Lipinski definition) is 1. The number of H-pyrrole nitrogens is 1. The third-order valence-electron chi connectivity index (χ3n) is 4.99. The second-order valence-electron chi connectivity index (χ2n) is 7.80. The van der Waals surface area contributed by atoms with Crippen molar-refractivity contribution in [1.82, 2.24) is 19.7 Å². The van der Waals surface area contributed by atoms with Crippen molar-refractivity contribution in [2.24, 2.45) is 0 Å². The smallest absolute Gasteiger partial charge is 0.261 e. The summed E-state index contributed by atoms with van der Waals surface area (Å²) in [7, 11) is 1.50. The number of aromatic amines is 1. The third-order valence-corrected chi connectivity index (χ3v) is 9.57. The molecule has 0 unspecified atom stereocenters. The number of nitrogens with zero attached hydrogens (tertiary/aromatic N) is 3. The van der Waals surface area contributed by atoms with Crippen LogP contribution in [0.5, 0.6) is 0 Å². The minimum atomic E-state index is -3.53. The molecular weight excluding hydrogens is 946 g/mol. The number of pyridine rings is 2. The maximum absolute atomic E-state index is 10.6. The second-order valence-corrected chi connectivity index (χ2v) is 15.3. The molecule has 0 saturated heterocycles. The Labute approximate surface area is 288 Å². The molecule has 6 aromatic rings. The van der Waals surface area contributed by atoms with Crippen LogP contribution in [0.15, 0.2) is 116 Å². The van der Waals surface area contributed by atoms with Gasteiger partial charge < -0.3 is 4.98 Å². The molecule has 41 heavy (non-hydrogen) atoms. The van der Waals surface area contributed by atoms with E-state index >= 15 is 0 Å². The van der Waals surface area contributed by atoms with E-state index in [1.54, 1.807) is 30.6 Å². The number of benzene rings is 2. The van der Waals surface area contributed by atoms with Gasteiger partial charge in [0.2, 0.25) is 0 Å². The van der Waals surface area contributed by atoms with E-state index in [1.165, 1.54) is 25.8 Å². The topological polar surface area (TPSA) is 99.1 Å². The van der Waals surface area contributed by atoms with Crippen molar-refractivity contribution in [3.63, 3.8) is 0 Å². The van der Waals surface area contributed by atoms with Crippen LogP contribution in [0.25, 0.3) is 22.1 Å². The average Bonchev–Trinajstić information content (AvgIpc) is 3.48. The summed E-state index contributed by atoms with van der Waals surface area (Å²) >= 11 is 12.4. The predicted octanol–water partition coefficient (Wildman–Crippen LogP) is 9.01. The van der Waals surface area contributed by atoms with Gasteiger partial charge in [0.25, 0.3) is 9.05 Å². The molecule has 212 valence electrons. The fraction of sp³-hybridized carbons (Fsp3) is 0. The number of nitrogens with one attached hydrogen (secondary N) is 1. The zero-order valence-corrected chi connectivity index (χ0v) is 30.3. The molecule has 15 heteroatoms. The van der Waals surface area contributed by atoms with Crippen molar-refractivity contribution in [2.45, 2.75) is 9.79 Å². The van der Waals surface area contributed by atoms with E-state index in [1.807, 2.05) is 48.8 Å².